The molecule has 0 aliphatic rings. The summed E-state index contributed by atoms with van der Waals surface area (Å²) >= 11 is 21.3. The third-order valence-electron chi connectivity index (χ3n) is 10.3. The average Bonchev–Trinajstić information content (AvgIpc) is 3.84. The number of hydrogen-bond donors (Lipinski definition) is 0. The maximum Gasteiger partial charge on any atom is -0.172 e. The first-order valence-corrected chi connectivity index (χ1v) is 29.6. The molecule has 0 saturated heterocycles. The molecule has 6 rings (SSSR count). The second-order valence-corrected chi connectivity index (χ2v) is 28.5. The van der Waals surface area contributed by atoms with Crippen molar-refractivity contribution < 1.29 is 18.9 Å². The maximum atomic E-state index is 6.49. The van der Waals surface area contributed by atoms with E-state index in [0.717, 1.165) is 36.6 Å². The van der Waals surface area contributed by atoms with Gasteiger partial charge in [-0.25, -0.2) is 12.1 Å². The Morgan fingerprint density at radius 2 is 0.741 bits per heavy atom. The van der Waals surface area contributed by atoms with E-state index < -0.39 is 18.9 Å². The summed E-state index contributed by atoms with van der Waals surface area (Å²) in [6.45, 7) is 28.0. The van der Waals surface area contributed by atoms with E-state index in [1.807, 2.05) is 66.7 Å². The predicted molar refractivity (Wildman–Crippen MR) is 260 cm³/mol. The number of fused-ring (bicyclic) bond motifs is 3. The average molecular weight is 977 g/mol. The van der Waals surface area contributed by atoms with E-state index in [-0.39, 0.29) is 21.7 Å². The van der Waals surface area contributed by atoms with Crippen molar-refractivity contribution in [2.45, 2.75) is 128 Å². The van der Waals surface area contributed by atoms with Gasteiger partial charge in [0.2, 0.25) is 0 Å². The molecule has 0 heterocycles. The minimum atomic E-state index is -2.78. The Morgan fingerprint density at radius 3 is 0.966 bits per heavy atom. The fraction of sp³-hybridized carbons (Fsp3) is 0.392. The van der Waals surface area contributed by atoms with Gasteiger partial charge in [0.05, 0.1) is 0 Å². The molecule has 7 heteroatoms. The Morgan fingerprint density at radius 1 is 0.448 bits per heavy atom. The van der Waals surface area contributed by atoms with Crippen LogP contribution in [0.4, 0.5) is 0 Å². The van der Waals surface area contributed by atoms with Crippen LogP contribution in [-0.2, 0) is 64.1 Å². The fourth-order valence-corrected chi connectivity index (χ4v) is 12.4. The summed E-state index contributed by atoms with van der Waals surface area (Å²) in [4.78, 5) is 0. The van der Waals surface area contributed by atoms with Gasteiger partial charge in [-0.2, -0.15) is 18.2 Å². The Hall–Kier alpha value is -1.41. The van der Waals surface area contributed by atoms with Crippen molar-refractivity contribution in [2.24, 2.45) is 0 Å². The van der Waals surface area contributed by atoms with Crippen molar-refractivity contribution in [3.63, 3.8) is 0 Å². The minimum absolute atomic E-state index is 0.124. The molecule has 312 valence electrons. The summed E-state index contributed by atoms with van der Waals surface area (Å²) in [5, 5.41) is 5.57. The van der Waals surface area contributed by atoms with Gasteiger partial charge in [-0.1, -0.05) is 117 Å². The first-order valence-electron chi connectivity index (χ1n) is 19.9. The third kappa shape index (κ3) is 12.6. The van der Waals surface area contributed by atoms with Gasteiger partial charge in [0.25, 0.3) is 0 Å². The molecule has 0 aromatic heterocycles. The molecule has 0 bridgehead atoms. The summed E-state index contributed by atoms with van der Waals surface area (Å²) in [5.74, 6) is 1.62. The smallest absolute Gasteiger partial charge is 0.172 e. The zero-order chi connectivity index (χ0) is 43.4. The van der Waals surface area contributed by atoms with Crippen LogP contribution in [0.1, 0.15) is 139 Å². The maximum absolute atomic E-state index is 6.49. The van der Waals surface area contributed by atoms with Gasteiger partial charge in [-0.15, -0.1) is 39.7 Å². The van der Waals surface area contributed by atoms with Gasteiger partial charge in [0.15, 0.2) is 0 Å². The minimum Gasteiger partial charge on any atom is -0.214 e. The molecule has 0 radical (unpaired) electrons. The Labute approximate surface area is 384 Å². The monoisotopic (exact) mass is 972 g/mol. The molecule has 6 aromatic carbocycles. The molecule has 0 unspecified atom stereocenters. The van der Waals surface area contributed by atoms with Crippen LogP contribution in [-0.4, -0.2) is 3.21 Å². The number of benzene rings is 4. The largest absolute Gasteiger partial charge is 0.214 e. The van der Waals surface area contributed by atoms with Crippen LogP contribution in [0.15, 0.2) is 97.1 Å². The zero-order valence-electron chi connectivity index (χ0n) is 36.3. The van der Waals surface area contributed by atoms with Crippen molar-refractivity contribution in [3.8, 4) is 0 Å². The quantitative estimate of drug-likeness (QED) is 0.115. The number of hydrogen-bond acceptors (Lipinski definition) is 0. The molecule has 0 fully saturated rings. The normalized spacial score (nSPS) is 12.2. The number of halogens is 6. The molecular formula is C51H60Cl6Zr-2. The van der Waals surface area contributed by atoms with E-state index in [0.29, 0.717) is 23.5 Å². The first kappa shape index (κ1) is 49.3. The van der Waals surface area contributed by atoms with Crippen molar-refractivity contribution in [1.82, 2.24) is 0 Å². The first-order chi connectivity index (χ1) is 26.9. The predicted octanol–water partition coefficient (Wildman–Crippen LogP) is 17.4. The molecule has 0 nitrogen and oxygen atoms in total. The van der Waals surface area contributed by atoms with E-state index in [4.69, 9.17) is 63.4 Å². The van der Waals surface area contributed by atoms with Gasteiger partial charge < -0.3 is 0 Å². The third-order valence-corrected chi connectivity index (χ3v) is 16.1. The molecule has 0 aliphatic carbocycles. The van der Waals surface area contributed by atoms with E-state index in [9.17, 15) is 0 Å². The van der Waals surface area contributed by atoms with Crippen molar-refractivity contribution in [1.29, 1.82) is 0 Å². The summed E-state index contributed by atoms with van der Waals surface area (Å²) in [5.41, 5.74) is 12.3. The van der Waals surface area contributed by atoms with Gasteiger partial charge in [0, 0.05) is 0 Å². The molecule has 0 N–H and O–H groups in total. The van der Waals surface area contributed by atoms with Gasteiger partial charge in [0.1, 0.15) is 0 Å². The van der Waals surface area contributed by atoms with Crippen LogP contribution < -0.4 is 0 Å². The zero-order valence-corrected chi connectivity index (χ0v) is 43.3. The number of alkyl halides is 4. The van der Waals surface area contributed by atoms with Crippen molar-refractivity contribution in [3.05, 3.63) is 153 Å². The molecule has 6 aromatic rings. The Kier molecular flexibility index (Phi) is 17.1. The van der Waals surface area contributed by atoms with Crippen molar-refractivity contribution in [2.75, 3.05) is 0 Å². The second-order valence-electron chi connectivity index (χ2n) is 19.3. The SMILES string of the molecule is CC(C)(C)c1cc2[cH-]c3cc(C(C)(C)C)c(C(C)(C)C)cc3c2cc1C(C)(C)C.ClCc1cc(CCl)cc([C](c2cc(CCl)cc(CCl)c2)=[Zr]([Cl])[Cl])c1.c1cc[cH-]c1. The summed E-state index contributed by atoms with van der Waals surface area (Å²) in [7, 11) is 13.0. The molecule has 0 atom stereocenters. The van der Waals surface area contributed by atoms with Gasteiger partial charge in [-0.3, -0.25) is 0 Å². The standard InChI is InChI=1S/C29H41.C17H14Cl4.C5H5.2ClH.Zr/c1-26(2,3)22-14-18-13-19-15-23(27(4,5)6)25(29(10,11)12)17-21(19)20(18)16-24(22)28(7,8)9;18-8-14-2-12(3-15(6-14)9-19)1-13-4-16(10-20)7-17(5-13)11-21;1-2-4-5-3-1;;;/h13-17H,1-12H3;2-7H,8-11H2;1-5H;2*1H;/q-1;;-1;;;+2/p-2. The molecule has 0 saturated carbocycles. The van der Waals surface area contributed by atoms with Gasteiger partial charge in [-0.05, 0) is 21.7 Å². The second kappa shape index (κ2) is 20.2. The van der Waals surface area contributed by atoms with Crippen LogP contribution in [0.3, 0.4) is 0 Å². The fourth-order valence-electron chi connectivity index (χ4n) is 7.42. The summed E-state index contributed by atoms with van der Waals surface area (Å²) in [6.07, 6.45) is 0. The summed E-state index contributed by atoms with van der Waals surface area (Å²) < 4.78 is 0.984. The molecule has 0 spiro atoms. The van der Waals surface area contributed by atoms with E-state index in [1.54, 1.807) is 0 Å². The van der Waals surface area contributed by atoms with E-state index >= 15 is 0 Å². The van der Waals surface area contributed by atoms with Crippen LogP contribution in [0.5, 0.6) is 0 Å². The van der Waals surface area contributed by atoms with E-state index in [2.05, 4.69) is 113 Å². The van der Waals surface area contributed by atoms with Crippen molar-refractivity contribution >= 4 is 88.2 Å². The van der Waals surface area contributed by atoms with E-state index in [1.165, 1.54) is 43.8 Å². The molecular weight excluding hydrogens is 917 g/mol. The van der Waals surface area contributed by atoms with Gasteiger partial charge >= 0.3 is 179 Å². The topological polar surface area (TPSA) is 0 Å². The van der Waals surface area contributed by atoms with Crippen LogP contribution in [0, 0.1) is 0 Å². The van der Waals surface area contributed by atoms with Crippen LogP contribution in [0.2, 0.25) is 0 Å². The Bertz CT molecular complexity index is 2120. The molecule has 58 heavy (non-hydrogen) atoms. The summed E-state index contributed by atoms with van der Waals surface area (Å²) in [6, 6.07) is 34.4. The number of rotatable bonds is 6. The van der Waals surface area contributed by atoms with Crippen LogP contribution >= 0.6 is 63.4 Å². The molecule has 0 aliphatic heterocycles. The Balaban J connectivity index is 0.000000232. The molecule has 0 amide bonds. The van der Waals surface area contributed by atoms with Crippen LogP contribution in [0.25, 0.3) is 21.5 Å².